The maximum absolute atomic E-state index is 13.7. The molecule has 1 nitrogen and oxygen atoms in total. The number of hydrogen-bond acceptors (Lipinski definition) is 2. The number of halogens is 1. The van der Waals surface area contributed by atoms with Crippen LogP contribution in [0.1, 0.15) is 22.7 Å². The molecule has 0 radical (unpaired) electrons. The summed E-state index contributed by atoms with van der Waals surface area (Å²) in [6.07, 6.45) is 0. The van der Waals surface area contributed by atoms with Crippen molar-refractivity contribution in [2.45, 2.75) is 24.8 Å². The van der Waals surface area contributed by atoms with Crippen LogP contribution in [0.4, 0.5) is 4.39 Å². The molecule has 0 aliphatic heterocycles. The van der Waals surface area contributed by atoms with Crippen molar-refractivity contribution in [3.63, 3.8) is 0 Å². The Bertz CT molecular complexity index is 551. The molecule has 1 unspecified atom stereocenters. The van der Waals surface area contributed by atoms with Crippen LogP contribution in [0.5, 0.6) is 0 Å². The van der Waals surface area contributed by atoms with Crippen molar-refractivity contribution < 1.29 is 4.39 Å². The van der Waals surface area contributed by atoms with Crippen molar-refractivity contribution in [3.8, 4) is 0 Å². The van der Waals surface area contributed by atoms with Crippen molar-refractivity contribution in [1.29, 1.82) is 0 Å². The van der Waals surface area contributed by atoms with Gasteiger partial charge in [0.15, 0.2) is 0 Å². The van der Waals surface area contributed by atoms with E-state index in [1.54, 1.807) is 17.8 Å². The summed E-state index contributed by atoms with van der Waals surface area (Å²) in [5.74, 6) is 0.450. The predicted molar refractivity (Wildman–Crippen MR) is 80.0 cm³/mol. The highest BCUT2D eigenvalue weighted by molar-refractivity contribution is 7.99. The van der Waals surface area contributed by atoms with E-state index in [0.29, 0.717) is 11.3 Å². The number of benzene rings is 2. The van der Waals surface area contributed by atoms with Crippen LogP contribution in [-0.2, 0) is 0 Å². The van der Waals surface area contributed by atoms with Crippen LogP contribution < -0.4 is 5.73 Å². The number of rotatable bonds is 4. The summed E-state index contributed by atoms with van der Waals surface area (Å²) < 4.78 is 13.7. The Morgan fingerprint density at radius 2 is 1.68 bits per heavy atom. The summed E-state index contributed by atoms with van der Waals surface area (Å²) in [5, 5.41) is 0. The lowest BCUT2D eigenvalue weighted by Gasteiger charge is -2.13. The van der Waals surface area contributed by atoms with E-state index in [1.807, 2.05) is 13.0 Å². The smallest absolute Gasteiger partial charge is 0.128 e. The number of thioether (sulfide) groups is 1. The highest BCUT2D eigenvalue weighted by Gasteiger charge is 2.12. The minimum absolute atomic E-state index is 0.220. The zero-order valence-electron chi connectivity index (χ0n) is 11.2. The van der Waals surface area contributed by atoms with Crippen LogP contribution >= 0.6 is 11.8 Å². The molecule has 0 fully saturated rings. The lowest BCUT2D eigenvalue weighted by atomic mass is 10.1. The van der Waals surface area contributed by atoms with Crippen molar-refractivity contribution in [1.82, 2.24) is 0 Å². The van der Waals surface area contributed by atoms with Gasteiger partial charge >= 0.3 is 0 Å². The average molecular weight is 275 g/mol. The van der Waals surface area contributed by atoms with Gasteiger partial charge in [0.05, 0.1) is 0 Å². The van der Waals surface area contributed by atoms with Crippen molar-refractivity contribution >= 4 is 11.8 Å². The summed E-state index contributed by atoms with van der Waals surface area (Å²) in [5.41, 5.74) is 8.95. The normalized spacial score (nSPS) is 12.4. The van der Waals surface area contributed by atoms with Gasteiger partial charge in [0.1, 0.15) is 5.82 Å². The minimum atomic E-state index is -0.286. The van der Waals surface area contributed by atoms with E-state index >= 15 is 0 Å². The number of aryl methyl sites for hydroxylation is 2. The van der Waals surface area contributed by atoms with Gasteiger partial charge in [0.2, 0.25) is 0 Å². The molecule has 3 heteroatoms. The first kappa shape index (κ1) is 14.1. The molecule has 2 aromatic carbocycles. The van der Waals surface area contributed by atoms with Gasteiger partial charge in [-0.25, -0.2) is 4.39 Å². The molecule has 100 valence electrons. The van der Waals surface area contributed by atoms with Crippen LogP contribution in [0.3, 0.4) is 0 Å². The van der Waals surface area contributed by atoms with Crippen LogP contribution in [0.15, 0.2) is 47.4 Å². The van der Waals surface area contributed by atoms with E-state index in [2.05, 4.69) is 31.2 Å². The Kier molecular flexibility index (Phi) is 4.61. The van der Waals surface area contributed by atoms with E-state index in [1.165, 1.54) is 11.6 Å². The first-order chi connectivity index (χ1) is 9.06. The first-order valence-electron chi connectivity index (χ1n) is 6.27. The summed E-state index contributed by atoms with van der Waals surface area (Å²) >= 11 is 1.65. The highest BCUT2D eigenvalue weighted by atomic mass is 32.2. The minimum Gasteiger partial charge on any atom is -0.323 e. The fraction of sp³-hybridized carbons (Fsp3) is 0.250. The predicted octanol–water partition coefficient (Wildman–Crippen LogP) is 4.23. The quantitative estimate of drug-likeness (QED) is 0.845. The Morgan fingerprint density at radius 1 is 1.05 bits per heavy atom. The standard InChI is InChI=1S/C16H18FNS/c1-11-3-6-13(7-4-11)19-10-16(18)14-9-12(2)5-8-15(14)17/h3-9,16H,10,18H2,1-2H3. The van der Waals surface area contributed by atoms with Crippen LogP contribution in [0, 0.1) is 19.7 Å². The molecule has 0 bridgehead atoms. The van der Waals surface area contributed by atoms with E-state index < -0.39 is 0 Å². The number of nitrogens with two attached hydrogens (primary N) is 1. The van der Waals surface area contributed by atoms with Gasteiger partial charge in [0, 0.05) is 22.3 Å². The molecule has 0 aliphatic carbocycles. The molecule has 1 atom stereocenters. The molecular weight excluding hydrogens is 257 g/mol. The second kappa shape index (κ2) is 6.22. The van der Waals surface area contributed by atoms with Gasteiger partial charge < -0.3 is 5.73 Å². The zero-order valence-corrected chi connectivity index (χ0v) is 12.0. The Labute approximate surface area is 118 Å². The molecule has 2 aromatic rings. The van der Waals surface area contributed by atoms with E-state index in [0.717, 1.165) is 10.5 Å². The Hall–Kier alpha value is -1.32. The Morgan fingerprint density at radius 3 is 2.37 bits per heavy atom. The van der Waals surface area contributed by atoms with Crippen LogP contribution in [-0.4, -0.2) is 5.75 Å². The number of hydrogen-bond donors (Lipinski definition) is 1. The van der Waals surface area contributed by atoms with Crippen LogP contribution in [0.25, 0.3) is 0 Å². The molecule has 0 spiro atoms. The third kappa shape index (κ3) is 3.82. The molecule has 19 heavy (non-hydrogen) atoms. The molecule has 0 saturated heterocycles. The van der Waals surface area contributed by atoms with Gasteiger partial charge in [-0.3, -0.25) is 0 Å². The van der Waals surface area contributed by atoms with Gasteiger partial charge in [-0.05, 0) is 32.0 Å². The van der Waals surface area contributed by atoms with Gasteiger partial charge in [0.25, 0.3) is 0 Å². The lowest BCUT2D eigenvalue weighted by molar-refractivity contribution is 0.594. The monoisotopic (exact) mass is 275 g/mol. The van der Waals surface area contributed by atoms with Gasteiger partial charge in [-0.2, -0.15) is 0 Å². The first-order valence-corrected chi connectivity index (χ1v) is 7.26. The molecule has 0 saturated carbocycles. The molecule has 0 amide bonds. The summed E-state index contributed by atoms with van der Waals surface area (Å²) in [6, 6.07) is 13.1. The summed E-state index contributed by atoms with van der Waals surface area (Å²) in [7, 11) is 0. The maximum atomic E-state index is 13.7. The van der Waals surface area contributed by atoms with E-state index in [4.69, 9.17) is 5.73 Å². The second-order valence-electron chi connectivity index (χ2n) is 4.76. The zero-order chi connectivity index (χ0) is 13.8. The third-order valence-corrected chi connectivity index (χ3v) is 4.13. The van der Waals surface area contributed by atoms with Crippen molar-refractivity contribution in [3.05, 3.63) is 65.0 Å². The molecule has 2 N–H and O–H groups in total. The third-order valence-electron chi connectivity index (χ3n) is 3.00. The molecule has 2 rings (SSSR count). The van der Waals surface area contributed by atoms with E-state index in [9.17, 15) is 4.39 Å². The fourth-order valence-electron chi connectivity index (χ4n) is 1.86. The van der Waals surface area contributed by atoms with Gasteiger partial charge in [-0.1, -0.05) is 35.4 Å². The van der Waals surface area contributed by atoms with E-state index in [-0.39, 0.29) is 11.9 Å². The molecule has 0 aliphatic rings. The maximum Gasteiger partial charge on any atom is 0.128 e. The average Bonchev–Trinajstić information content (AvgIpc) is 2.40. The SMILES string of the molecule is Cc1ccc(SCC(N)c2cc(C)ccc2F)cc1. The molecular formula is C16H18FNS. The van der Waals surface area contributed by atoms with Crippen molar-refractivity contribution in [2.24, 2.45) is 5.73 Å². The summed E-state index contributed by atoms with van der Waals surface area (Å²) in [6.45, 7) is 4.01. The molecule has 0 aromatic heterocycles. The second-order valence-corrected chi connectivity index (χ2v) is 5.85. The topological polar surface area (TPSA) is 26.0 Å². The Balaban J connectivity index is 2.03. The van der Waals surface area contributed by atoms with Crippen molar-refractivity contribution in [2.75, 3.05) is 5.75 Å². The largest absolute Gasteiger partial charge is 0.323 e. The lowest BCUT2D eigenvalue weighted by Crippen LogP contribution is -2.14. The van der Waals surface area contributed by atoms with Crippen LogP contribution in [0.2, 0.25) is 0 Å². The van der Waals surface area contributed by atoms with Gasteiger partial charge in [-0.15, -0.1) is 11.8 Å². The highest BCUT2D eigenvalue weighted by Crippen LogP contribution is 2.25. The molecule has 0 heterocycles. The summed E-state index contributed by atoms with van der Waals surface area (Å²) in [4.78, 5) is 1.16. The fourth-order valence-corrected chi connectivity index (χ4v) is 2.74.